The number of nitrogens with one attached hydrogen (secondary N) is 1. The van der Waals surface area contributed by atoms with E-state index in [1.54, 1.807) is 43.1 Å². The van der Waals surface area contributed by atoms with Crippen molar-refractivity contribution < 1.29 is 14.3 Å². The molecule has 0 unspecified atom stereocenters. The number of amides is 1. The summed E-state index contributed by atoms with van der Waals surface area (Å²) in [7, 11) is 3.32. The number of benzene rings is 2. The van der Waals surface area contributed by atoms with E-state index in [-0.39, 0.29) is 23.2 Å². The summed E-state index contributed by atoms with van der Waals surface area (Å²) in [6, 6.07) is 15.4. The number of para-hydroxylation sites is 1. The Balaban J connectivity index is 1.36. The summed E-state index contributed by atoms with van der Waals surface area (Å²) < 4.78 is 12.6. The zero-order valence-electron chi connectivity index (χ0n) is 19.7. The van der Waals surface area contributed by atoms with E-state index in [4.69, 9.17) is 9.47 Å². The van der Waals surface area contributed by atoms with Crippen LogP contribution < -0.4 is 19.7 Å². The molecule has 6 nitrogen and oxygen atoms in total. The molecule has 2 heterocycles. The summed E-state index contributed by atoms with van der Waals surface area (Å²) in [6.45, 7) is 0.00776. The number of thioether (sulfide) groups is 1. The standard InChI is InChI=1S/C27H28N2O4S2/c1-32-18-11-9-17(10-12-18)28-21(30)14-29-26-25(35-27(29)31)23(19-5-3-4-6-20(19)33-2)22-15-7-8-16(13-15)24(22)34-26/h3-6,9-12,15-16,22-24H,7-8,13-14H2,1-2H3,(H,28,30)/t15-,16-,22-,23-,24+/m0/s1. The van der Waals surface area contributed by atoms with E-state index in [0.29, 0.717) is 28.7 Å². The summed E-state index contributed by atoms with van der Waals surface area (Å²) in [4.78, 5) is 27.2. The van der Waals surface area contributed by atoms with Gasteiger partial charge in [0.05, 0.1) is 19.2 Å². The van der Waals surface area contributed by atoms with Gasteiger partial charge in [-0.15, -0.1) is 11.8 Å². The van der Waals surface area contributed by atoms with Crippen LogP contribution in [-0.2, 0) is 11.3 Å². The average molecular weight is 509 g/mol. The number of hydrogen-bond acceptors (Lipinski definition) is 6. The summed E-state index contributed by atoms with van der Waals surface area (Å²) >= 11 is 3.14. The van der Waals surface area contributed by atoms with Gasteiger partial charge in [0.25, 0.3) is 0 Å². The normalized spacial score (nSPS) is 26.2. The van der Waals surface area contributed by atoms with Gasteiger partial charge in [0, 0.05) is 27.3 Å². The van der Waals surface area contributed by atoms with Gasteiger partial charge < -0.3 is 14.8 Å². The molecule has 2 aliphatic carbocycles. The second kappa shape index (κ2) is 9.06. The molecule has 2 saturated carbocycles. The minimum absolute atomic E-state index is 0.00776. The quantitative estimate of drug-likeness (QED) is 0.495. The van der Waals surface area contributed by atoms with Crippen LogP contribution in [0, 0.1) is 17.8 Å². The maximum Gasteiger partial charge on any atom is 0.308 e. The highest BCUT2D eigenvalue weighted by molar-refractivity contribution is 8.00. The van der Waals surface area contributed by atoms with E-state index in [2.05, 4.69) is 17.4 Å². The zero-order chi connectivity index (χ0) is 24.1. The fourth-order valence-electron chi connectivity index (χ4n) is 6.38. The Kier molecular flexibility index (Phi) is 5.89. The van der Waals surface area contributed by atoms with Crippen LogP contribution in [0.1, 0.15) is 35.6 Å². The van der Waals surface area contributed by atoms with E-state index < -0.39 is 0 Å². The maximum absolute atomic E-state index is 13.2. The highest BCUT2D eigenvalue weighted by atomic mass is 32.2. The number of fused-ring (bicyclic) bond motifs is 6. The first-order valence-corrected chi connectivity index (χ1v) is 13.7. The molecule has 0 saturated heterocycles. The van der Waals surface area contributed by atoms with Crippen molar-refractivity contribution in [3.05, 3.63) is 68.6 Å². The Morgan fingerprint density at radius 1 is 1.06 bits per heavy atom. The van der Waals surface area contributed by atoms with E-state index in [1.807, 2.05) is 23.9 Å². The van der Waals surface area contributed by atoms with E-state index in [0.717, 1.165) is 27.0 Å². The summed E-state index contributed by atoms with van der Waals surface area (Å²) in [5.74, 6) is 3.39. The Hall–Kier alpha value is -2.71. The van der Waals surface area contributed by atoms with Crippen LogP contribution in [0.15, 0.2) is 58.4 Å². The highest BCUT2D eigenvalue weighted by Gasteiger charge is 2.55. The lowest BCUT2D eigenvalue weighted by Gasteiger charge is -2.40. The van der Waals surface area contributed by atoms with Crippen molar-refractivity contribution in [3.63, 3.8) is 0 Å². The predicted octanol–water partition coefficient (Wildman–Crippen LogP) is 5.22. The minimum Gasteiger partial charge on any atom is -0.497 e. The molecule has 1 amide bonds. The molecule has 3 aliphatic rings. The Morgan fingerprint density at radius 3 is 2.60 bits per heavy atom. The van der Waals surface area contributed by atoms with Crippen molar-refractivity contribution in [1.82, 2.24) is 4.57 Å². The van der Waals surface area contributed by atoms with Crippen molar-refractivity contribution in [3.8, 4) is 11.5 Å². The van der Waals surface area contributed by atoms with Crippen molar-refractivity contribution in [1.29, 1.82) is 0 Å². The maximum atomic E-state index is 13.2. The Morgan fingerprint density at radius 2 is 1.83 bits per heavy atom. The topological polar surface area (TPSA) is 69.6 Å². The molecule has 0 spiro atoms. The van der Waals surface area contributed by atoms with E-state index >= 15 is 0 Å². The van der Waals surface area contributed by atoms with E-state index in [9.17, 15) is 9.59 Å². The van der Waals surface area contributed by atoms with Crippen LogP contribution in [0.25, 0.3) is 0 Å². The second-order valence-corrected chi connectivity index (χ2v) is 11.8. The molecule has 35 heavy (non-hydrogen) atoms. The van der Waals surface area contributed by atoms with Crippen molar-refractivity contribution in [2.75, 3.05) is 19.5 Å². The molecule has 1 aliphatic heterocycles. The number of carbonyl (C=O) groups excluding carboxylic acids is 1. The van der Waals surface area contributed by atoms with Gasteiger partial charge in [0.1, 0.15) is 18.0 Å². The van der Waals surface area contributed by atoms with Gasteiger partial charge in [0.15, 0.2) is 0 Å². The summed E-state index contributed by atoms with van der Waals surface area (Å²) in [6.07, 6.45) is 3.80. The van der Waals surface area contributed by atoms with Crippen LogP contribution in [0.3, 0.4) is 0 Å². The van der Waals surface area contributed by atoms with Gasteiger partial charge in [-0.3, -0.25) is 14.2 Å². The molecule has 3 aromatic rings. The van der Waals surface area contributed by atoms with Gasteiger partial charge in [-0.25, -0.2) is 0 Å². The molecule has 1 aromatic heterocycles. The van der Waals surface area contributed by atoms with Crippen LogP contribution in [0.2, 0.25) is 0 Å². The van der Waals surface area contributed by atoms with Crippen molar-refractivity contribution in [2.24, 2.45) is 17.8 Å². The lowest BCUT2D eigenvalue weighted by molar-refractivity contribution is -0.116. The third-order valence-corrected chi connectivity index (χ3v) is 10.7. The lowest BCUT2D eigenvalue weighted by Crippen LogP contribution is -2.35. The van der Waals surface area contributed by atoms with Crippen molar-refractivity contribution >= 4 is 34.7 Å². The number of hydrogen-bond donors (Lipinski definition) is 1. The number of rotatable bonds is 6. The molecular weight excluding hydrogens is 480 g/mol. The molecule has 6 rings (SSSR count). The average Bonchev–Trinajstić information content (AvgIpc) is 3.57. The third kappa shape index (κ3) is 3.87. The number of aromatic nitrogens is 1. The van der Waals surface area contributed by atoms with Crippen LogP contribution in [0.4, 0.5) is 5.69 Å². The third-order valence-electron chi connectivity index (χ3n) is 7.84. The van der Waals surface area contributed by atoms with Gasteiger partial charge in [-0.2, -0.15) is 0 Å². The van der Waals surface area contributed by atoms with Crippen LogP contribution in [0.5, 0.6) is 11.5 Å². The number of ether oxygens (including phenoxy) is 2. The Bertz CT molecular complexity index is 1320. The van der Waals surface area contributed by atoms with E-state index in [1.165, 1.54) is 30.6 Å². The van der Waals surface area contributed by atoms with Gasteiger partial charge >= 0.3 is 4.87 Å². The minimum atomic E-state index is -0.206. The summed E-state index contributed by atoms with van der Waals surface area (Å²) in [5, 5.41) is 4.36. The fourth-order valence-corrected chi connectivity index (χ4v) is 9.52. The molecule has 5 atom stereocenters. The molecule has 2 bridgehead atoms. The Labute approximate surface area is 212 Å². The highest BCUT2D eigenvalue weighted by Crippen LogP contribution is 2.64. The first-order valence-electron chi connectivity index (χ1n) is 12.0. The SMILES string of the molecule is COc1ccc(NC(=O)Cn2c3c(sc2=O)[C@@H](c2ccccc2OC)[C@@H]2[C@H]4CC[C@@H](C4)[C@H]2S3)cc1. The first-order chi connectivity index (χ1) is 17.1. The smallest absolute Gasteiger partial charge is 0.308 e. The largest absolute Gasteiger partial charge is 0.497 e. The number of thiazole rings is 1. The molecule has 2 fully saturated rings. The molecule has 8 heteroatoms. The van der Waals surface area contributed by atoms with Crippen LogP contribution >= 0.6 is 23.1 Å². The van der Waals surface area contributed by atoms with Crippen LogP contribution in [-0.4, -0.2) is 29.9 Å². The number of carbonyl (C=O) groups is 1. The van der Waals surface area contributed by atoms with Gasteiger partial charge in [-0.05, 0) is 67.3 Å². The molecule has 182 valence electrons. The second-order valence-electron chi connectivity index (χ2n) is 9.61. The monoisotopic (exact) mass is 508 g/mol. The van der Waals surface area contributed by atoms with Gasteiger partial charge in [-0.1, -0.05) is 29.5 Å². The molecule has 0 radical (unpaired) electrons. The predicted molar refractivity (Wildman–Crippen MR) is 139 cm³/mol. The number of methoxy groups -OCH3 is 2. The molecular formula is C27H28N2O4S2. The fraction of sp³-hybridized carbons (Fsp3) is 0.407. The molecule has 1 N–H and O–H groups in total. The first kappa shape index (κ1) is 22.7. The zero-order valence-corrected chi connectivity index (χ0v) is 21.4. The lowest BCUT2D eigenvalue weighted by atomic mass is 9.74. The van der Waals surface area contributed by atoms with Crippen molar-refractivity contribution in [2.45, 2.75) is 42.0 Å². The number of anilines is 1. The molecule has 2 aromatic carbocycles. The van der Waals surface area contributed by atoms with Gasteiger partial charge in [0.2, 0.25) is 5.91 Å². The number of nitrogens with zero attached hydrogens (tertiary/aromatic N) is 1. The summed E-state index contributed by atoms with van der Waals surface area (Å²) in [5.41, 5.74) is 1.84.